The molecule has 6 nitrogen and oxygen atoms in total. The molecule has 2 aromatic carbocycles. The van der Waals surface area contributed by atoms with Crippen LogP contribution in [0.5, 0.6) is 11.5 Å². The topological polar surface area (TPSA) is 65.4 Å². The lowest BCUT2D eigenvalue weighted by atomic mass is 10.2. The highest BCUT2D eigenvalue weighted by Crippen LogP contribution is 2.31. The first kappa shape index (κ1) is 15.3. The summed E-state index contributed by atoms with van der Waals surface area (Å²) in [6, 6.07) is 18.8. The maximum atomic E-state index is 12.6. The van der Waals surface area contributed by atoms with E-state index < -0.39 is 6.10 Å². The molecule has 0 aliphatic carbocycles. The van der Waals surface area contributed by atoms with Gasteiger partial charge in [0, 0.05) is 6.07 Å². The number of hydrogen-bond donors (Lipinski definition) is 1. The van der Waals surface area contributed by atoms with Crippen molar-refractivity contribution in [3.63, 3.8) is 0 Å². The van der Waals surface area contributed by atoms with Crippen LogP contribution in [-0.4, -0.2) is 28.4 Å². The van der Waals surface area contributed by atoms with E-state index in [9.17, 15) is 4.79 Å². The van der Waals surface area contributed by atoms with Crippen molar-refractivity contribution in [1.82, 2.24) is 9.78 Å². The van der Waals surface area contributed by atoms with E-state index in [-0.39, 0.29) is 12.5 Å². The van der Waals surface area contributed by atoms with Crippen molar-refractivity contribution < 1.29 is 14.3 Å². The maximum absolute atomic E-state index is 12.6. The van der Waals surface area contributed by atoms with E-state index in [1.807, 2.05) is 61.5 Å². The zero-order valence-electron chi connectivity index (χ0n) is 13.7. The zero-order chi connectivity index (χ0) is 17.2. The summed E-state index contributed by atoms with van der Waals surface area (Å²) in [6.45, 7) is 2.05. The fourth-order valence-electron chi connectivity index (χ4n) is 2.71. The van der Waals surface area contributed by atoms with Crippen LogP contribution >= 0.6 is 0 Å². The van der Waals surface area contributed by atoms with Gasteiger partial charge in [-0.2, -0.15) is 5.10 Å². The van der Waals surface area contributed by atoms with E-state index in [0.29, 0.717) is 17.3 Å². The number of nitrogens with one attached hydrogen (secondary N) is 1. The lowest BCUT2D eigenvalue weighted by Gasteiger charge is -2.25. The van der Waals surface area contributed by atoms with Crippen LogP contribution in [0.1, 0.15) is 5.69 Å². The van der Waals surface area contributed by atoms with E-state index in [2.05, 4.69) is 10.4 Å². The third-order valence-corrected chi connectivity index (χ3v) is 3.88. The largest absolute Gasteiger partial charge is 0.485 e. The number of amides is 1. The van der Waals surface area contributed by atoms with Gasteiger partial charge in [0.25, 0.3) is 5.91 Å². The van der Waals surface area contributed by atoms with E-state index in [1.165, 1.54) is 0 Å². The van der Waals surface area contributed by atoms with Crippen molar-refractivity contribution in [2.75, 3.05) is 11.9 Å². The van der Waals surface area contributed by atoms with Crippen molar-refractivity contribution >= 4 is 11.7 Å². The highest BCUT2D eigenvalue weighted by molar-refractivity contribution is 5.94. The van der Waals surface area contributed by atoms with Gasteiger partial charge in [0.2, 0.25) is 6.10 Å². The summed E-state index contributed by atoms with van der Waals surface area (Å²) < 4.78 is 13.1. The number of anilines is 1. The van der Waals surface area contributed by atoms with Gasteiger partial charge in [-0.3, -0.25) is 4.79 Å². The lowest BCUT2D eigenvalue weighted by Crippen LogP contribution is -2.40. The Kier molecular flexibility index (Phi) is 3.85. The lowest BCUT2D eigenvalue weighted by molar-refractivity contribution is -0.125. The van der Waals surface area contributed by atoms with Gasteiger partial charge in [0.15, 0.2) is 11.5 Å². The second kappa shape index (κ2) is 6.32. The number of aryl methyl sites for hydroxylation is 1. The number of ether oxygens (including phenoxy) is 2. The van der Waals surface area contributed by atoms with Gasteiger partial charge in [0.05, 0.1) is 11.4 Å². The highest BCUT2D eigenvalue weighted by atomic mass is 16.6. The second-order valence-corrected chi connectivity index (χ2v) is 5.77. The molecule has 1 aliphatic rings. The molecule has 1 atom stereocenters. The van der Waals surface area contributed by atoms with E-state index >= 15 is 0 Å². The van der Waals surface area contributed by atoms with Crippen molar-refractivity contribution in [1.29, 1.82) is 0 Å². The first-order valence-electron chi connectivity index (χ1n) is 8.02. The first-order valence-corrected chi connectivity index (χ1v) is 8.02. The van der Waals surface area contributed by atoms with Crippen LogP contribution in [0, 0.1) is 6.92 Å². The van der Waals surface area contributed by atoms with Gasteiger partial charge in [0.1, 0.15) is 12.4 Å². The zero-order valence-corrected chi connectivity index (χ0v) is 13.7. The predicted molar refractivity (Wildman–Crippen MR) is 93.3 cm³/mol. The SMILES string of the molecule is Cc1cc(NC(=O)[C@@H]2COc3ccccc3O2)n(-c2ccccc2)n1. The number of fused-ring (bicyclic) bond motifs is 1. The number of rotatable bonds is 3. The van der Waals surface area contributed by atoms with Crippen LogP contribution in [0.4, 0.5) is 5.82 Å². The number of carbonyl (C=O) groups is 1. The molecule has 1 aromatic heterocycles. The van der Waals surface area contributed by atoms with E-state index in [0.717, 1.165) is 11.4 Å². The minimum atomic E-state index is -0.714. The van der Waals surface area contributed by atoms with Crippen LogP contribution < -0.4 is 14.8 Å². The number of para-hydroxylation sites is 3. The average Bonchev–Trinajstić information content (AvgIpc) is 3.02. The minimum absolute atomic E-state index is 0.168. The van der Waals surface area contributed by atoms with Gasteiger partial charge >= 0.3 is 0 Å². The van der Waals surface area contributed by atoms with Gasteiger partial charge in [-0.05, 0) is 31.2 Å². The van der Waals surface area contributed by atoms with E-state index in [1.54, 1.807) is 10.7 Å². The molecule has 1 aliphatic heterocycles. The molecule has 0 unspecified atom stereocenters. The normalized spacial score (nSPS) is 15.6. The summed E-state index contributed by atoms with van der Waals surface area (Å²) in [4.78, 5) is 12.6. The first-order chi connectivity index (χ1) is 12.2. The summed E-state index contributed by atoms with van der Waals surface area (Å²) in [5.41, 5.74) is 1.68. The Balaban J connectivity index is 1.54. The van der Waals surface area contributed by atoms with Crippen molar-refractivity contribution in [3.8, 4) is 17.2 Å². The number of carbonyl (C=O) groups excluding carboxylic acids is 1. The Morgan fingerprint density at radius 1 is 1.12 bits per heavy atom. The summed E-state index contributed by atoms with van der Waals surface area (Å²) >= 11 is 0. The molecule has 25 heavy (non-hydrogen) atoms. The Hall–Kier alpha value is -3.28. The number of nitrogens with zero attached hydrogens (tertiary/aromatic N) is 2. The molecule has 0 fully saturated rings. The Labute approximate surface area is 145 Å². The summed E-state index contributed by atoms with van der Waals surface area (Å²) in [6.07, 6.45) is -0.714. The molecular formula is C19H17N3O3. The van der Waals surface area contributed by atoms with Crippen molar-refractivity contribution in [2.24, 2.45) is 0 Å². The summed E-state index contributed by atoms with van der Waals surface area (Å²) in [5.74, 6) is 1.54. The quantitative estimate of drug-likeness (QED) is 0.799. The molecule has 1 N–H and O–H groups in total. The van der Waals surface area contributed by atoms with Crippen LogP contribution in [0.15, 0.2) is 60.7 Å². The Morgan fingerprint density at radius 3 is 2.64 bits per heavy atom. The maximum Gasteiger partial charge on any atom is 0.270 e. The molecule has 1 amide bonds. The molecule has 6 heteroatoms. The molecule has 2 heterocycles. The van der Waals surface area contributed by atoms with Crippen LogP contribution in [0.2, 0.25) is 0 Å². The van der Waals surface area contributed by atoms with Crippen molar-refractivity contribution in [2.45, 2.75) is 13.0 Å². The Morgan fingerprint density at radius 2 is 1.84 bits per heavy atom. The summed E-state index contributed by atoms with van der Waals surface area (Å²) in [7, 11) is 0. The van der Waals surface area contributed by atoms with Gasteiger partial charge in [-0.25, -0.2) is 4.68 Å². The molecular weight excluding hydrogens is 318 g/mol. The Bertz CT molecular complexity index is 905. The fraction of sp³-hybridized carbons (Fsp3) is 0.158. The third-order valence-electron chi connectivity index (χ3n) is 3.88. The van der Waals surface area contributed by atoms with Gasteiger partial charge < -0.3 is 14.8 Å². The van der Waals surface area contributed by atoms with Crippen molar-refractivity contribution in [3.05, 3.63) is 66.4 Å². The number of hydrogen-bond acceptors (Lipinski definition) is 4. The van der Waals surface area contributed by atoms with Gasteiger partial charge in [-0.15, -0.1) is 0 Å². The van der Waals surface area contributed by atoms with Crippen LogP contribution in [-0.2, 0) is 4.79 Å². The minimum Gasteiger partial charge on any atom is -0.485 e. The van der Waals surface area contributed by atoms with Gasteiger partial charge in [-0.1, -0.05) is 30.3 Å². The molecule has 4 rings (SSSR count). The highest BCUT2D eigenvalue weighted by Gasteiger charge is 2.28. The standard InChI is InChI=1S/C19H17N3O3/c1-13-11-18(22(21-13)14-7-3-2-4-8-14)20-19(23)17-12-24-15-9-5-6-10-16(15)25-17/h2-11,17H,12H2,1H3,(H,20,23)/t17-/m0/s1. The fourth-order valence-corrected chi connectivity index (χ4v) is 2.71. The molecule has 0 spiro atoms. The predicted octanol–water partition coefficient (Wildman–Crippen LogP) is 2.96. The van der Waals surface area contributed by atoms with E-state index in [4.69, 9.17) is 9.47 Å². The molecule has 0 radical (unpaired) electrons. The van der Waals surface area contributed by atoms with Crippen LogP contribution in [0.3, 0.4) is 0 Å². The summed E-state index contributed by atoms with van der Waals surface area (Å²) in [5, 5.41) is 7.33. The van der Waals surface area contributed by atoms with Crippen LogP contribution in [0.25, 0.3) is 5.69 Å². The molecule has 0 saturated carbocycles. The smallest absolute Gasteiger partial charge is 0.270 e. The second-order valence-electron chi connectivity index (χ2n) is 5.77. The third kappa shape index (κ3) is 3.06. The average molecular weight is 335 g/mol. The number of benzene rings is 2. The molecule has 126 valence electrons. The molecule has 0 bridgehead atoms. The molecule has 3 aromatic rings. The molecule has 0 saturated heterocycles. The number of aromatic nitrogens is 2. The monoisotopic (exact) mass is 335 g/mol.